The topological polar surface area (TPSA) is 96.0 Å². The smallest absolute Gasteiger partial charge is 0.276 e. The maximum Gasteiger partial charge on any atom is 0.276 e. The molecule has 6 nitrogen and oxygen atoms in total. The molecule has 25 heavy (non-hydrogen) atoms. The molecular weight excluding hydrogens is 318 g/mol. The van der Waals surface area contributed by atoms with Gasteiger partial charge in [0.05, 0.1) is 10.5 Å². The molecule has 0 spiro atoms. The number of rotatable bonds is 5. The standard InChI is InChI=1S/C19H21N3O3/c1-14-7-2-4-11-17(14)21-19(23)16(13-20)10-6-9-15-8-3-5-12-18(15)22(24)25/h3,5-6,8-10,12,14,17H,2,4,7,11H2,1H3,(H,21,23)/b9-6+,16-10+/t14-,17+/m1/s1. The van der Waals surface area contributed by atoms with Crippen molar-refractivity contribution in [2.45, 2.75) is 38.6 Å². The van der Waals surface area contributed by atoms with E-state index < -0.39 is 10.8 Å². The van der Waals surface area contributed by atoms with Gasteiger partial charge >= 0.3 is 0 Å². The van der Waals surface area contributed by atoms with Crippen LogP contribution in [-0.4, -0.2) is 16.9 Å². The van der Waals surface area contributed by atoms with Crippen molar-refractivity contribution in [3.63, 3.8) is 0 Å². The molecule has 1 saturated carbocycles. The number of nitro groups is 1. The molecular formula is C19H21N3O3. The molecule has 130 valence electrons. The number of hydrogen-bond acceptors (Lipinski definition) is 4. The Morgan fingerprint density at radius 2 is 2.08 bits per heavy atom. The average Bonchev–Trinajstić information content (AvgIpc) is 2.61. The van der Waals surface area contributed by atoms with Gasteiger partial charge < -0.3 is 5.32 Å². The number of nitrogens with zero attached hydrogens (tertiary/aromatic N) is 2. The van der Waals surface area contributed by atoms with E-state index in [0.29, 0.717) is 11.5 Å². The number of carbonyl (C=O) groups excluding carboxylic acids is 1. The van der Waals surface area contributed by atoms with E-state index in [0.717, 1.165) is 19.3 Å². The predicted molar refractivity (Wildman–Crippen MR) is 95.4 cm³/mol. The van der Waals surface area contributed by atoms with E-state index >= 15 is 0 Å². The van der Waals surface area contributed by atoms with Gasteiger partial charge in [0, 0.05) is 12.1 Å². The molecule has 6 heteroatoms. The third-order valence-electron chi connectivity index (χ3n) is 4.47. The van der Waals surface area contributed by atoms with Crippen LogP contribution in [0.25, 0.3) is 6.08 Å². The van der Waals surface area contributed by atoms with Crippen LogP contribution in [0, 0.1) is 27.4 Å². The lowest BCUT2D eigenvalue weighted by Gasteiger charge is -2.29. The van der Waals surface area contributed by atoms with Crippen molar-refractivity contribution in [2.75, 3.05) is 0 Å². The SMILES string of the molecule is C[C@@H]1CCCC[C@@H]1NC(=O)/C(C#N)=C/C=C/c1ccccc1[N+](=O)[O-]. The highest BCUT2D eigenvalue weighted by atomic mass is 16.6. The highest BCUT2D eigenvalue weighted by Crippen LogP contribution is 2.24. The first-order chi connectivity index (χ1) is 12.0. The Labute approximate surface area is 147 Å². The summed E-state index contributed by atoms with van der Waals surface area (Å²) in [4.78, 5) is 22.8. The zero-order chi connectivity index (χ0) is 18.2. The van der Waals surface area contributed by atoms with Gasteiger partial charge in [-0.25, -0.2) is 0 Å². The number of para-hydroxylation sites is 1. The number of allylic oxidation sites excluding steroid dienone is 2. The molecule has 1 aliphatic carbocycles. The summed E-state index contributed by atoms with van der Waals surface area (Å²) in [6.07, 6.45) is 8.66. The largest absolute Gasteiger partial charge is 0.348 e. The van der Waals surface area contributed by atoms with E-state index in [1.54, 1.807) is 18.2 Å². The Hall–Kier alpha value is -2.94. The number of nitrogens with one attached hydrogen (secondary N) is 1. The fourth-order valence-corrected chi connectivity index (χ4v) is 2.98. The number of hydrogen-bond donors (Lipinski definition) is 1. The van der Waals surface area contributed by atoms with Gasteiger partial charge in [-0.2, -0.15) is 5.26 Å². The fraction of sp³-hybridized carbons (Fsp3) is 0.368. The number of nitriles is 1. The third kappa shape index (κ3) is 5.01. The van der Waals surface area contributed by atoms with Crippen molar-refractivity contribution in [1.29, 1.82) is 5.26 Å². The van der Waals surface area contributed by atoms with Crippen molar-refractivity contribution in [1.82, 2.24) is 5.32 Å². The maximum absolute atomic E-state index is 12.3. The molecule has 2 rings (SSSR count). The quantitative estimate of drug-likeness (QED) is 0.290. The first-order valence-corrected chi connectivity index (χ1v) is 8.35. The van der Waals surface area contributed by atoms with E-state index in [1.165, 1.54) is 30.7 Å². The summed E-state index contributed by atoms with van der Waals surface area (Å²) < 4.78 is 0. The lowest BCUT2D eigenvalue weighted by Crippen LogP contribution is -2.41. The van der Waals surface area contributed by atoms with E-state index in [2.05, 4.69) is 12.2 Å². The van der Waals surface area contributed by atoms with Crippen LogP contribution in [0.2, 0.25) is 0 Å². The molecule has 0 bridgehead atoms. The van der Waals surface area contributed by atoms with Crippen LogP contribution in [0.1, 0.15) is 38.2 Å². The van der Waals surface area contributed by atoms with E-state index in [4.69, 9.17) is 0 Å². The molecule has 0 unspecified atom stereocenters. The summed E-state index contributed by atoms with van der Waals surface area (Å²) >= 11 is 0. The number of benzene rings is 1. The average molecular weight is 339 g/mol. The van der Waals surface area contributed by atoms with Crippen LogP contribution in [0.15, 0.2) is 42.0 Å². The van der Waals surface area contributed by atoms with Gasteiger partial charge in [-0.3, -0.25) is 14.9 Å². The lowest BCUT2D eigenvalue weighted by atomic mass is 9.86. The van der Waals surface area contributed by atoms with Crippen molar-refractivity contribution >= 4 is 17.7 Å². The number of nitro benzene ring substituents is 1. The third-order valence-corrected chi connectivity index (χ3v) is 4.47. The molecule has 1 aliphatic rings. The minimum atomic E-state index is -0.467. The summed E-state index contributed by atoms with van der Waals surface area (Å²) in [5.74, 6) is 0.00798. The zero-order valence-corrected chi connectivity index (χ0v) is 14.1. The van der Waals surface area contributed by atoms with Crippen molar-refractivity contribution in [2.24, 2.45) is 5.92 Å². The van der Waals surface area contributed by atoms with E-state index in [-0.39, 0.29) is 17.3 Å². The molecule has 0 aromatic heterocycles. The molecule has 1 aromatic rings. The van der Waals surface area contributed by atoms with Crippen LogP contribution in [0.3, 0.4) is 0 Å². The van der Waals surface area contributed by atoms with Gasteiger partial charge in [0.2, 0.25) is 0 Å². The second-order valence-corrected chi connectivity index (χ2v) is 6.21. The minimum absolute atomic E-state index is 0.00684. The molecule has 1 aromatic carbocycles. The monoisotopic (exact) mass is 339 g/mol. The Balaban J connectivity index is 2.08. The van der Waals surface area contributed by atoms with E-state index in [9.17, 15) is 20.2 Å². The molecule has 0 saturated heterocycles. The molecule has 0 radical (unpaired) electrons. The van der Waals surface area contributed by atoms with Gasteiger partial charge in [-0.05, 0) is 37.0 Å². The summed E-state index contributed by atoms with van der Waals surface area (Å²) in [6, 6.07) is 8.29. The highest BCUT2D eigenvalue weighted by molar-refractivity contribution is 5.97. The Bertz CT molecular complexity index is 747. The van der Waals surface area contributed by atoms with Crippen molar-refractivity contribution in [3.8, 4) is 6.07 Å². The zero-order valence-electron chi connectivity index (χ0n) is 14.1. The molecule has 1 fully saturated rings. The second kappa shape index (κ2) is 8.78. The second-order valence-electron chi connectivity index (χ2n) is 6.21. The van der Waals surface area contributed by atoms with E-state index in [1.807, 2.05) is 6.07 Å². The fourth-order valence-electron chi connectivity index (χ4n) is 2.98. The highest BCUT2D eigenvalue weighted by Gasteiger charge is 2.23. The number of carbonyl (C=O) groups is 1. The summed E-state index contributed by atoms with van der Waals surface area (Å²) in [5.41, 5.74) is 0.390. The Morgan fingerprint density at radius 1 is 1.36 bits per heavy atom. The van der Waals surface area contributed by atoms with Crippen LogP contribution in [0.5, 0.6) is 0 Å². The van der Waals surface area contributed by atoms with Crippen LogP contribution in [-0.2, 0) is 4.79 Å². The van der Waals surface area contributed by atoms with Crippen molar-refractivity contribution < 1.29 is 9.72 Å². The summed E-state index contributed by atoms with van der Waals surface area (Å²) in [5, 5.41) is 23.1. The normalized spacial score (nSPS) is 20.9. The predicted octanol–water partition coefficient (Wildman–Crippen LogP) is 3.75. The van der Waals surface area contributed by atoms with Gasteiger partial charge in [-0.1, -0.05) is 38.0 Å². The Kier molecular flexibility index (Phi) is 6.47. The number of amides is 1. The summed E-state index contributed by atoms with van der Waals surface area (Å²) in [6.45, 7) is 2.11. The van der Waals surface area contributed by atoms with Crippen LogP contribution >= 0.6 is 0 Å². The Morgan fingerprint density at radius 3 is 2.76 bits per heavy atom. The lowest BCUT2D eigenvalue weighted by molar-refractivity contribution is -0.385. The summed E-state index contributed by atoms with van der Waals surface area (Å²) in [7, 11) is 0. The molecule has 1 N–H and O–H groups in total. The molecule has 0 aliphatic heterocycles. The van der Waals surface area contributed by atoms with Gasteiger partial charge in [0.1, 0.15) is 11.6 Å². The molecule has 1 amide bonds. The van der Waals surface area contributed by atoms with Crippen LogP contribution in [0.4, 0.5) is 5.69 Å². The minimum Gasteiger partial charge on any atom is -0.348 e. The maximum atomic E-state index is 12.3. The van der Waals surface area contributed by atoms with Crippen molar-refractivity contribution in [3.05, 3.63) is 57.7 Å². The first kappa shape index (κ1) is 18.4. The molecule has 2 atom stereocenters. The van der Waals surface area contributed by atoms with Crippen LogP contribution < -0.4 is 5.32 Å². The van der Waals surface area contributed by atoms with Gasteiger partial charge in [0.15, 0.2) is 0 Å². The molecule has 0 heterocycles. The van der Waals surface area contributed by atoms with Gasteiger partial charge in [0.25, 0.3) is 11.6 Å². The van der Waals surface area contributed by atoms with Gasteiger partial charge in [-0.15, -0.1) is 0 Å². The first-order valence-electron chi connectivity index (χ1n) is 8.35.